The van der Waals surface area contributed by atoms with Crippen LogP contribution in [0.1, 0.15) is 88.8 Å². The number of hydrogen-bond acceptors (Lipinski definition) is 11. The van der Waals surface area contributed by atoms with Crippen LogP contribution in [-0.4, -0.2) is 84.9 Å². The molecule has 0 aliphatic heterocycles. The van der Waals surface area contributed by atoms with Gasteiger partial charge >= 0.3 is 11.9 Å². The van der Waals surface area contributed by atoms with Crippen LogP contribution in [0.2, 0.25) is 0 Å². The van der Waals surface area contributed by atoms with Crippen molar-refractivity contribution in [2.75, 3.05) is 31.7 Å². The third-order valence-corrected chi connectivity index (χ3v) is 10.9. The summed E-state index contributed by atoms with van der Waals surface area (Å²) in [6.07, 6.45) is 2.65. The number of ether oxygens (including phenoxy) is 2. The zero-order chi connectivity index (χ0) is 45.4. The summed E-state index contributed by atoms with van der Waals surface area (Å²) < 4.78 is 59.6. The number of amides is 2. The van der Waals surface area contributed by atoms with Crippen molar-refractivity contribution in [1.82, 2.24) is 28.9 Å². The van der Waals surface area contributed by atoms with Crippen LogP contribution in [0.5, 0.6) is 0 Å². The summed E-state index contributed by atoms with van der Waals surface area (Å²) in [6, 6.07) is 15.5. The number of hydrogen-bond donors (Lipinski definition) is 2. The molecule has 2 amide bonds. The van der Waals surface area contributed by atoms with Gasteiger partial charge in [-0.1, -0.05) is 24.3 Å². The number of aryl methyl sites for hydroxylation is 4. The first kappa shape index (κ1) is 45.3. The molecule has 7 rings (SSSR count). The molecule has 0 saturated heterocycles. The number of benzene rings is 2. The lowest BCUT2D eigenvalue weighted by atomic mass is 9.92. The van der Waals surface area contributed by atoms with Gasteiger partial charge in [0.15, 0.2) is 17.2 Å². The van der Waals surface area contributed by atoms with E-state index >= 15 is 0 Å². The molecular weight excluding hydrogens is 838 g/mol. The number of oxazole rings is 1. The van der Waals surface area contributed by atoms with Crippen LogP contribution >= 0.6 is 0 Å². The van der Waals surface area contributed by atoms with E-state index in [-0.39, 0.29) is 58.8 Å². The van der Waals surface area contributed by atoms with Crippen molar-refractivity contribution in [1.29, 1.82) is 0 Å². The number of aromatic nitrogens is 6. The maximum absolute atomic E-state index is 13.2. The quantitative estimate of drug-likeness (QED) is 0.0645. The molecule has 1 saturated carbocycles. The van der Waals surface area contributed by atoms with Gasteiger partial charge in [-0.2, -0.15) is 18.3 Å². The number of anilines is 1. The van der Waals surface area contributed by atoms with Crippen LogP contribution in [0.15, 0.2) is 82.5 Å². The third kappa shape index (κ3) is 11.1. The van der Waals surface area contributed by atoms with E-state index in [0.29, 0.717) is 62.5 Å². The number of Topliss-reactive ketones (excluding diaryl/α,β-unsaturated/α-hetero) is 2. The summed E-state index contributed by atoms with van der Waals surface area (Å²) in [5, 5.41) is 6.85. The number of nitrogens with one attached hydrogen (secondary N) is 1. The van der Waals surface area contributed by atoms with Crippen molar-refractivity contribution in [2.45, 2.75) is 76.4 Å². The largest absolute Gasteiger partial charge is 0.444 e. The summed E-state index contributed by atoms with van der Waals surface area (Å²) in [6.45, 7) is 2.01. The highest BCUT2D eigenvalue weighted by atomic mass is 19.4. The third-order valence-electron chi connectivity index (χ3n) is 10.9. The molecular formula is C45H47F3N8O8. The van der Waals surface area contributed by atoms with Gasteiger partial charge in [-0.05, 0) is 86.4 Å². The highest BCUT2D eigenvalue weighted by Gasteiger charge is 2.32. The molecule has 6 aromatic rings. The van der Waals surface area contributed by atoms with Crippen LogP contribution in [0.25, 0.3) is 28.2 Å². The van der Waals surface area contributed by atoms with Crippen molar-refractivity contribution in [2.24, 2.45) is 12.8 Å². The van der Waals surface area contributed by atoms with Crippen LogP contribution in [0.3, 0.4) is 0 Å². The Bertz CT molecular complexity index is 2700. The predicted octanol–water partition coefficient (Wildman–Crippen LogP) is 6.27. The number of nitrogens with two attached hydrogens (primary N) is 1. The SMILES string of the molecule is Cn1c(=O)n(C2CCC(=O)CC2=O)c2cccc(CCCOCCOCCCCc3ccc(-n4cc(NC(=O)c5coc(-c6ccnc(CCC(F)(F)F)c6)n5)c(C(N)=O)n4)cc3)c21. The van der Waals surface area contributed by atoms with Crippen molar-refractivity contribution in [3.63, 3.8) is 0 Å². The number of nitrogens with zero attached hydrogens (tertiary/aromatic N) is 6. The Balaban J connectivity index is 0.813. The Kier molecular flexibility index (Phi) is 14.3. The molecule has 3 N–H and O–H groups in total. The summed E-state index contributed by atoms with van der Waals surface area (Å²) >= 11 is 0. The highest BCUT2D eigenvalue weighted by Crippen LogP contribution is 2.29. The van der Waals surface area contributed by atoms with E-state index in [9.17, 15) is 37.1 Å². The number of primary amides is 1. The van der Waals surface area contributed by atoms with Crippen LogP contribution < -0.4 is 16.7 Å². The van der Waals surface area contributed by atoms with Gasteiger partial charge in [0.2, 0.25) is 5.89 Å². The molecule has 1 unspecified atom stereocenters. The number of carbonyl (C=O) groups excluding carboxylic acids is 4. The minimum absolute atomic E-state index is 0.000790. The Morgan fingerprint density at radius 3 is 2.45 bits per heavy atom. The Labute approximate surface area is 364 Å². The Morgan fingerprint density at radius 1 is 0.953 bits per heavy atom. The monoisotopic (exact) mass is 884 g/mol. The summed E-state index contributed by atoms with van der Waals surface area (Å²) in [5.41, 5.74) is 9.75. The van der Waals surface area contributed by atoms with Gasteiger partial charge < -0.3 is 24.9 Å². The van der Waals surface area contributed by atoms with E-state index in [2.05, 4.69) is 20.4 Å². The molecule has 19 heteroatoms. The second-order valence-corrected chi connectivity index (χ2v) is 15.5. The normalized spacial score (nSPS) is 14.4. The van der Waals surface area contributed by atoms with Crippen LogP contribution in [0, 0.1) is 0 Å². The van der Waals surface area contributed by atoms with Gasteiger partial charge in [-0.25, -0.2) is 14.5 Å². The molecule has 1 aliphatic rings. The molecule has 0 radical (unpaired) electrons. The van der Waals surface area contributed by atoms with Crippen LogP contribution in [0.4, 0.5) is 18.9 Å². The van der Waals surface area contributed by atoms with Crippen molar-refractivity contribution >= 4 is 40.1 Å². The summed E-state index contributed by atoms with van der Waals surface area (Å²) in [5.74, 6) is -1.89. The van der Waals surface area contributed by atoms with Gasteiger partial charge in [0.1, 0.15) is 12.0 Å². The zero-order valence-electron chi connectivity index (χ0n) is 35.1. The Hall–Kier alpha value is -6.73. The smallest absolute Gasteiger partial charge is 0.389 e. The molecule has 0 spiro atoms. The minimum atomic E-state index is -4.33. The Morgan fingerprint density at radius 2 is 1.72 bits per heavy atom. The maximum Gasteiger partial charge on any atom is 0.389 e. The van der Waals surface area contributed by atoms with Gasteiger partial charge in [-0.15, -0.1) is 0 Å². The fourth-order valence-corrected chi connectivity index (χ4v) is 7.68. The molecule has 1 fully saturated rings. The van der Waals surface area contributed by atoms with E-state index in [4.69, 9.17) is 19.6 Å². The lowest BCUT2D eigenvalue weighted by molar-refractivity contribution is -0.134. The first-order chi connectivity index (χ1) is 30.8. The van der Waals surface area contributed by atoms with Crippen molar-refractivity contribution < 1.29 is 46.2 Å². The fourth-order valence-electron chi connectivity index (χ4n) is 7.68. The minimum Gasteiger partial charge on any atom is -0.444 e. The van der Waals surface area contributed by atoms with E-state index in [1.54, 1.807) is 16.2 Å². The first-order valence-corrected chi connectivity index (χ1v) is 20.9. The zero-order valence-corrected chi connectivity index (χ0v) is 35.1. The van der Waals surface area contributed by atoms with E-state index in [1.807, 2.05) is 42.5 Å². The number of fused-ring (bicyclic) bond motifs is 1. The molecule has 64 heavy (non-hydrogen) atoms. The average molecular weight is 885 g/mol. The van der Waals surface area contributed by atoms with Gasteiger partial charge in [0.25, 0.3) is 11.8 Å². The molecule has 1 aliphatic carbocycles. The van der Waals surface area contributed by atoms with Crippen molar-refractivity contribution in [3.8, 4) is 17.1 Å². The number of alkyl halides is 3. The van der Waals surface area contributed by atoms with Gasteiger partial charge in [0.05, 0.1) is 54.3 Å². The lowest BCUT2D eigenvalue weighted by Gasteiger charge is -2.21. The molecule has 16 nitrogen and oxygen atoms in total. The predicted molar refractivity (Wildman–Crippen MR) is 227 cm³/mol. The van der Waals surface area contributed by atoms with Gasteiger partial charge in [0, 0.05) is 50.6 Å². The average Bonchev–Trinajstić information content (AvgIpc) is 4.00. The number of pyridine rings is 1. The molecule has 0 bridgehead atoms. The second kappa shape index (κ2) is 20.2. The number of para-hydroxylation sites is 1. The standard InChI is InChI=1S/C45H47F3N8O8/c1-54-40-29(7-4-9-37(40)56(44(54)61)36-15-14-33(57)25-38(36)58)8-5-21-63-23-22-62-20-3-2-6-28-10-12-32(13-11-28)55-26-34(39(53-55)41(49)59)51-42(60)35-27-64-43(52-35)30-17-19-50-31(24-30)16-18-45(46,47)48/h4,7,9-13,17,19,24,26-27,36H,2-3,5-6,8,14-16,18,20-23,25H2,1H3,(H2,49,59)(H,51,60). The molecule has 1 atom stereocenters. The summed E-state index contributed by atoms with van der Waals surface area (Å²) in [4.78, 5) is 71.1. The number of rotatable bonds is 20. The maximum atomic E-state index is 13.2. The molecule has 4 heterocycles. The fraction of sp³-hybridized carbons (Fsp3) is 0.378. The van der Waals surface area contributed by atoms with Crippen LogP contribution in [-0.2, 0) is 45.4 Å². The highest BCUT2D eigenvalue weighted by molar-refractivity contribution is 6.07. The lowest BCUT2D eigenvalue weighted by Crippen LogP contribution is -2.34. The van der Waals surface area contributed by atoms with Crippen molar-refractivity contribution in [3.05, 3.63) is 112 Å². The second-order valence-electron chi connectivity index (χ2n) is 15.5. The molecule has 336 valence electrons. The number of halogens is 3. The van der Waals surface area contributed by atoms with Gasteiger partial charge in [-0.3, -0.25) is 33.3 Å². The molecule has 4 aromatic heterocycles. The molecule has 2 aromatic carbocycles. The first-order valence-electron chi connectivity index (χ1n) is 20.9. The van der Waals surface area contributed by atoms with E-state index < -0.39 is 30.5 Å². The number of unbranched alkanes of at least 4 members (excludes halogenated alkanes) is 1. The summed E-state index contributed by atoms with van der Waals surface area (Å²) in [7, 11) is 1.71. The number of imidazole rings is 1. The van der Waals surface area contributed by atoms with E-state index in [1.165, 1.54) is 29.2 Å². The number of carbonyl (C=O) groups is 4. The topological polar surface area (TPSA) is 208 Å². The van der Waals surface area contributed by atoms with E-state index in [0.717, 1.165) is 48.6 Å². The number of ketones is 2.